The van der Waals surface area contributed by atoms with Crippen molar-refractivity contribution in [2.45, 2.75) is 12.5 Å². The van der Waals surface area contributed by atoms with Crippen molar-refractivity contribution in [3.05, 3.63) is 18.0 Å². The van der Waals surface area contributed by atoms with Gasteiger partial charge in [-0.25, -0.2) is 13.2 Å². The molecule has 0 spiro atoms. The SMILES string of the molecule is O=C(O)c1cnn([C@@H]2CCS(=O)(=O)C2)c1. The highest BCUT2D eigenvalue weighted by Crippen LogP contribution is 2.22. The van der Waals surface area contributed by atoms with Crippen LogP contribution < -0.4 is 0 Å². The van der Waals surface area contributed by atoms with E-state index in [1.165, 1.54) is 17.1 Å². The smallest absolute Gasteiger partial charge is 0.338 e. The van der Waals surface area contributed by atoms with Gasteiger partial charge in [-0.1, -0.05) is 0 Å². The summed E-state index contributed by atoms with van der Waals surface area (Å²) < 4.78 is 23.8. The fourth-order valence-corrected chi connectivity index (χ4v) is 3.34. The van der Waals surface area contributed by atoms with Gasteiger partial charge in [0.25, 0.3) is 0 Å². The lowest BCUT2D eigenvalue weighted by Crippen LogP contribution is -2.11. The van der Waals surface area contributed by atoms with E-state index in [-0.39, 0.29) is 23.1 Å². The van der Waals surface area contributed by atoms with Crippen LogP contribution >= 0.6 is 0 Å². The number of hydrogen-bond donors (Lipinski definition) is 1. The van der Waals surface area contributed by atoms with Crippen molar-refractivity contribution in [1.82, 2.24) is 9.78 Å². The third-order valence-corrected chi connectivity index (χ3v) is 4.18. The number of carbonyl (C=O) groups is 1. The highest BCUT2D eigenvalue weighted by atomic mass is 32.2. The summed E-state index contributed by atoms with van der Waals surface area (Å²) in [4.78, 5) is 10.6. The number of aromatic carboxylic acids is 1. The Morgan fingerprint density at radius 2 is 2.33 bits per heavy atom. The monoisotopic (exact) mass is 230 g/mol. The van der Waals surface area contributed by atoms with Crippen LogP contribution in [0.3, 0.4) is 0 Å². The molecular formula is C8H10N2O4S. The minimum atomic E-state index is -2.96. The minimum Gasteiger partial charge on any atom is -0.478 e. The molecule has 2 heterocycles. The van der Waals surface area contributed by atoms with Gasteiger partial charge in [-0.05, 0) is 6.42 Å². The molecule has 6 nitrogen and oxygen atoms in total. The van der Waals surface area contributed by atoms with E-state index in [2.05, 4.69) is 5.10 Å². The number of nitrogens with zero attached hydrogens (tertiary/aromatic N) is 2. The fraction of sp³-hybridized carbons (Fsp3) is 0.500. The predicted molar refractivity (Wildman–Crippen MR) is 51.5 cm³/mol. The molecule has 0 aromatic carbocycles. The summed E-state index contributed by atoms with van der Waals surface area (Å²) in [6.07, 6.45) is 3.10. The number of sulfone groups is 1. The Morgan fingerprint density at radius 1 is 1.60 bits per heavy atom. The molecule has 0 amide bonds. The lowest BCUT2D eigenvalue weighted by atomic mass is 10.3. The molecule has 7 heteroatoms. The van der Waals surface area contributed by atoms with Crippen LogP contribution in [0.2, 0.25) is 0 Å². The molecule has 1 aliphatic rings. The third-order valence-electron chi connectivity index (χ3n) is 2.43. The molecule has 1 aromatic heterocycles. The van der Waals surface area contributed by atoms with E-state index in [0.717, 1.165) is 0 Å². The molecule has 82 valence electrons. The van der Waals surface area contributed by atoms with Crippen LogP contribution in [0.1, 0.15) is 22.8 Å². The van der Waals surface area contributed by atoms with Crippen LogP contribution in [0.25, 0.3) is 0 Å². The highest BCUT2D eigenvalue weighted by molar-refractivity contribution is 7.91. The van der Waals surface area contributed by atoms with E-state index in [1.807, 2.05) is 0 Å². The number of carboxylic acid groups (broad SMARTS) is 1. The molecule has 0 unspecified atom stereocenters. The number of aromatic nitrogens is 2. The lowest BCUT2D eigenvalue weighted by molar-refractivity contribution is 0.0696. The predicted octanol–water partition coefficient (Wildman–Crippen LogP) is -0.0591. The fourth-order valence-electron chi connectivity index (χ4n) is 1.63. The largest absolute Gasteiger partial charge is 0.478 e. The first-order chi connectivity index (χ1) is 6.98. The van der Waals surface area contributed by atoms with Crippen LogP contribution in [-0.4, -0.2) is 40.8 Å². The van der Waals surface area contributed by atoms with E-state index in [1.54, 1.807) is 0 Å². The lowest BCUT2D eigenvalue weighted by Gasteiger charge is -2.06. The number of carboxylic acids is 1. The molecule has 0 aliphatic carbocycles. The first kappa shape index (κ1) is 10.2. The summed E-state index contributed by atoms with van der Waals surface area (Å²) in [5.74, 6) is -0.852. The van der Waals surface area contributed by atoms with Crippen LogP contribution in [0.5, 0.6) is 0 Å². The van der Waals surface area contributed by atoms with E-state index in [9.17, 15) is 13.2 Å². The Bertz CT molecular complexity index is 490. The Balaban J connectivity index is 2.21. The van der Waals surface area contributed by atoms with E-state index >= 15 is 0 Å². The maximum atomic E-state index is 11.2. The molecule has 15 heavy (non-hydrogen) atoms. The number of hydrogen-bond acceptors (Lipinski definition) is 4. The second kappa shape index (κ2) is 3.34. The van der Waals surface area contributed by atoms with Crippen molar-refractivity contribution >= 4 is 15.8 Å². The summed E-state index contributed by atoms with van der Waals surface area (Å²) in [7, 11) is -2.96. The Morgan fingerprint density at radius 3 is 2.80 bits per heavy atom. The first-order valence-corrected chi connectivity index (χ1v) is 6.28. The summed E-state index contributed by atoms with van der Waals surface area (Å²) >= 11 is 0. The minimum absolute atomic E-state index is 0.0493. The van der Waals surface area contributed by atoms with Crippen LogP contribution in [0.15, 0.2) is 12.4 Å². The summed E-state index contributed by atoms with van der Waals surface area (Å²) in [5.41, 5.74) is 0.0827. The number of rotatable bonds is 2. The Kier molecular flexibility index (Phi) is 2.26. The van der Waals surface area contributed by atoms with Gasteiger partial charge in [0.05, 0.1) is 29.3 Å². The van der Waals surface area contributed by atoms with Gasteiger partial charge in [0, 0.05) is 6.20 Å². The second-order valence-electron chi connectivity index (χ2n) is 3.57. The van der Waals surface area contributed by atoms with Crippen LogP contribution in [0, 0.1) is 0 Å². The topological polar surface area (TPSA) is 89.3 Å². The van der Waals surface area contributed by atoms with E-state index < -0.39 is 15.8 Å². The quantitative estimate of drug-likeness (QED) is 0.768. The molecule has 0 radical (unpaired) electrons. The first-order valence-electron chi connectivity index (χ1n) is 4.46. The normalized spacial score (nSPS) is 24.1. The van der Waals surface area contributed by atoms with Gasteiger partial charge in [-0.15, -0.1) is 0 Å². The summed E-state index contributed by atoms with van der Waals surface area (Å²) in [5, 5.41) is 12.5. The molecule has 1 fully saturated rings. The van der Waals surface area contributed by atoms with Crippen LogP contribution in [0.4, 0.5) is 0 Å². The van der Waals surface area contributed by atoms with Gasteiger partial charge < -0.3 is 5.11 Å². The molecular weight excluding hydrogens is 220 g/mol. The highest BCUT2D eigenvalue weighted by Gasteiger charge is 2.29. The molecule has 0 bridgehead atoms. The van der Waals surface area contributed by atoms with Crippen LogP contribution in [-0.2, 0) is 9.84 Å². The van der Waals surface area contributed by atoms with Gasteiger partial charge in [0.2, 0.25) is 0 Å². The van der Waals surface area contributed by atoms with Crippen molar-refractivity contribution in [2.24, 2.45) is 0 Å². The molecule has 1 atom stereocenters. The van der Waals surface area contributed by atoms with Gasteiger partial charge in [-0.2, -0.15) is 5.10 Å². The molecule has 0 saturated carbocycles. The third kappa shape index (κ3) is 2.01. The molecule has 1 aromatic rings. The zero-order chi connectivity index (χ0) is 11.1. The van der Waals surface area contributed by atoms with Gasteiger partial charge in [-0.3, -0.25) is 4.68 Å². The maximum absolute atomic E-state index is 11.2. The van der Waals surface area contributed by atoms with Crippen molar-refractivity contribution in [2.75, 3.05) is 11.5 Å². The van der Waals surface area contributed by atoms with E-state index in [0.29, 0.717) is 6.42 Å². The second-order valence-corrected chi connectivity index (χ2v) is 5.80. The van der Waals surface area contributed by atoms with E-state index in [4.69, 9.17) is 5.11 Å². The zero-order valence-corrected chi connectivity index (χ0v) is 8.64. The average Bonchev–Trinajstić information content (AvgIpc) is 2.70. The molecule has 1 aliphatic heterocycles. The van der Waals surface area contributed by atoms with Gasteiger partial charge in [0.1, 0.15) is 0 Å². The van der Waals surface area contributed by atoms with Crippen molar-refractivity contribution in [1.29, 1.82) is 0 Å². The van der Waals surface area contributed by atoms with Crippen molar-refractivity contribution in [3.63, 3.8) is 0 Å². The summed E-state index contributed by atoms with van der Waals surface area (Å²) in [6.45, 7) is 0. The molecule has 1 N–H and O–H groups in total. The van der Waals surface area contributed by atoms with Crippen molar-refractivity contribution in [3.8, 4) is 0 Å². The molecule has 1 saturated heterocycles. The van der Waals surface area contributed by atoms with Gasteiger partial charge in [0.15, 0.2) is 9.84 Å². The zero-order valence-electron chi connectivity index (χ0n) is 7.83. The standard InChI is InChI=1S/C8H10N2O4S/c11-8(12)6-3-9-10(4-6)7-1-2-15(13,14)5-7/h3-4,7H,1-2,5H2,(H,11,12)/t7-/m1/s1. The average molecular weight is 230 g/mol. The Labute approximate surface area is 86.4 Å². The maximum Gasteiger partial charge on any atom is 0.338 e. The van der Waals surface area contributed by atoms with Gasteiger partial charge >= 0.3 is 5.97 Å². The summed E-state index contributed by atoms with van der Waals surface area (Å²) in [6, 6.07) is -0.219. The molecule has 2 rings (SSSR count). The van der Waals surface area contributed by atoms with Crippen molar-refractivity contribution < 1.29 is 18.3 Å². The Hall–Kier alpha value is -1.37.